The number of nitrogens with one attached hydrogen (secondary N) is 1. The SMILES string of the molecule is CC(=Cc1ccc(F)cc1)C(=O)NCC1(O)CCSCC1. The summed E-state index contributed by atoms with van der Waals surface area (Å²) in [4.78, 5) is 12.0. The summed E-state index contributed by atoms with van der Waals surface area (Å²) in [5.74, 6) is 1.35. The number of carbonyl (C=O) groups excluding carboxylic acids is 1. The van der Waals surface area contributed by atoms with Crippen LogP contribution >= 0.6 is 11.8 Å². The van der Waals surface area contributed by atoms with Crippen molar-refractivity contribution in [2.24, 2.45) is 0 Å². The maximum atomic E-state index is 12.8. The van der Waals surface area contributed by atoms with Gasteiger partial charge in [-0.25, -0.2) is 4.39 Å². The van der Waals surface area contributed by atoms with Crippen molar-refractivity contribution in [1.29, 1.82) is 0 Å². The summed E-state index contributed by atoms with van der Waals surface area (Å²) in [6.07, 6.45) is 3.12. The van der Waals surface area contributed by atoms with Gasteiger partial charge in [0.2, 0.25) is 5.91 Å². The number of hydrogen-bond acceptors (Lipinski definition) is 3. The van der Waals surface area contributed by atoms with Crippen LogP contribution in [0.3, 0.4) is 0 Å². The average Bonchev–Trinajstić information content (AvgIpc) is 2.48. The smallest absolute Gasteiger partial charge is 0.247 e. The zero-order valence-electron chi connectivity index (χ0n) is 12.1. The van der Waals surface area contributed by atoms with Gasteiger partial charge in [-0.15, -0.1) is 0 Å². The maximum absolute atomic E-state index is 12.8. The second-order valence-electron chi connectivity index (χ2n) is 5.40. The van der Waals surface area contributed by atoms with Gasteiger partial charge in [0, 0.05) is 12.1 Å². The molecular weight excluding hydrogens is 289 g/mol. The molecule has 1 aromatic carbocycles. The summed E-state index contributed by atoms with van der Waals surface area (Å²) in [5, 5.41) is 13.1. The van der Waals surface area contributed by atoms with E-state index in [1.54, 1.807) is 25.1 Å². The van der Waals surface area contributed by atoms with Gasteiger partial charge in [-0.05, 0) is 55.0 Å². The van der Waals surface area contributed by atoms with E-state index >= 15 is 0 Å². The van der Waals surface area contributed by atoms with Crippen LogP contribution in [0.1, 0.15) is 25.3 Å². The van der Waals surface area contributed by atoms with Crippen LogP contribution in [0.5, 0.6) is 0 Å². The third-order valence-corrected chi connectivity index (χ3v) is 4.60. The Balaban J connectivity index is 1.91. The van der Waals surface area contributed by atoms with E-state index in [2.05, 4.69) is 5.32 Å². The molecule has 0 spiro atoms. The molecule has 1 amide bonds. The lowest BCUT2D eigenvalue weighted by Gasteiger charge is -2.31. The first-order chi connectivity index (χ1) is 9.98. The molecule has 21 heavy (non-hydrogen) atoms. The molecule has 1 heterocycles. The van der Waals surface area contributed by atoms with Crippen molar-refractivity contribution in [2.45, 2.75) is 25.4 Å². The first-order valence-electron chi connectivity index (χ1n) is 7.01. The molecule has 0 atom stereocenters. The van der Waals surface area contributed by atoms with Gasteiger partial charge < -0.3 is 10.4 Å². The highest BCUT2D eigenvalue weighted by Gasteiger charge is 2.29. The summed E-state index contributed by atoms with van der Waals surface area (Å²) in [6, 6.07) is 5.97. The predicted molar refractivity (Wildman–Crippen MR) is 84.6 cm³/mol. The van der Waals surface area contributed by atoms with Crippen LogP contribution in [-0.4, -0.2) is 34.7 Å². The highest BCUT2D eigenvalue weighted by molar-refractivity contribution is 7.99. The summed E-state index contributed by atoms with van der Waals surface area (Å²) < 4.78 is 12.8. The van der Waals surface area contributed by atoms with Crippen molar-refractivity contribution >= 4 is 23.7 Å². The molecule has 0 saturated carbocycles. The van der Waals surface area contributed by atoms with Crippen LogP contribution in [0.2, 0.25) is 0 Å². The van der Waals surface area contributed by atoms with Gasteiger partial charge >= 0.3 is 0 Å². The van der Waals surface area contributed by atoms with Crippen LogP contribution in [0.15, 0.2) is 29.8 Å². The van der Waals surface area contributed by atoms with E-state index in [1.807, 2.05) is 11.8 Å². The minimum atomic E-state index is -0.781. The van der Waals surface area contributed by atoms with E-state index in [9.17, 15) is 14.3 Å². The fourth-order valence-electron chi connectivity index (χ4n) is 2.19. The Morgan fingerprint density at radius 3 is 2.62 bits per heavy atom. The summed E-state index contributed by atoms with van der Waals surface area (Å²) >= 11 is 1.83. The molecule has 1 aliphatic heterocycles. The van der Waals surface area contributed by atoms with Crippen LogP contribution < -0.4 is 5.32 Å². The van der Waals surface area contributed by atoms with E-state index in [1.165, 1.54) is 12.1 Å². The normalized spacial score (nSPS) is 18.3. The molecule has 0 bridgehead atoms. The highest BCUT2D eigenvalue weighted by Crippen LogP contribution is 2.26. The molecule has 0 aliphatic carbocycles. The van der Waals surface area contributed by atoms with E-state index in [0.717, 1.165) is 17.1 Å². The van der Waals surface area contributed by atoms with Gasteiger partial charge in [0.15, 0.2) is 0 Å². The molecule has 3 nitrogen and oxygen atoms in total. The molecule has 114 valence electrons. The zero-order valence-corrected chi connectivity index (χ0v) is 12.9. The lowest BCUT2D eigenvalue weighted by molar-refractivity contribution is -0.118. The molecule has 1 fully saturated rings. The number of rotatable bonds is 4. The second kappa shape index (κ2) is 7.09. The Morgan fingerprint density at radius 1 is 1.38 bits per heavy atom. The largest absolute Gasteiger partial charge is 0.388 e. The van der Waals surface area contributed by atoms with Gasteiger partial charge in [0.05, 0.1) is 5.60 Å². The van der Waals surface area contributed by atoms with E-state index in [0.29, 0.717) is 18.4 Å². The molecule has 2 rings (SSSR count). The Morgan fingerprint density at radius 2 is 2.00 bits per heavy atom. The number of halogens is 1. The van der Waals surface area contributed by atoms with Crippen molar-refractivity contribution in [1.82, 2.24) is 5.32 Å². The zero-order chi connectivity index (χ0) is 15.3. The second-order valence-corrected chi connectivity index (χ2v) is 6.62. The van der Waals surface area contributed by atoms with Crippen molar-refractivity contribution in [2.75, 3.05) is 18.1 Å². The van der Waals surface area contributed by atoms with Gasteiger partial charge in [0.1, 0.15) is 5.82 Å². The van der Waals surface area contributed by atoms with Crippen LogP contribution in [0, 0.1) is 5.82 Å². The van der Waals surface area contributed by atoms with Gasteiger partial charge in [-0.2, -0.15) is 11.8 Å². The molecule has 0 aromatic heterocycles. The fourth-order valence-corrected chi connectivity index (χ4v) is 3.44. The maximum Gasteiger partial charge on any atom is 0.247 e. The van der Waals surface area contributed by atoms with Crippen molar-refractivity contribution in [3.8, 4) is 0 Å². The summed E-state index contributed by atoms with van der Waals surface area (Å²) in [7, 11) is 0. The van der Waals surface area contributed by atoms with E-state index in [4.69, 9.17) is 0 Å². The van der Waals surface area contributed by atoms with Crippen LogP contribution in [-0.2, 0) is 4.79 Å². The number of amides is 1. The fraction of sp³-hybridized carbons (Fsp3) is 0.438. The minimum Gasteiger partial charge on any atom is -0.388 e. The van der Waals surface area contributed by atoms with Gasteiger partial charge in [-0.3, -0.25) is 4.79 Å². The number of thioether (sulfide) groups is 1. The number of benzene rings is 1. The third kappa shape index (κ3) is 4.86. The van der Waals surface area contributed by atoms with Gasteiger partial charge in [0.25, 0.3) is 0 Å². The van der Waals surface area contributed by atoms with Crippen LogP contribution in [0.4, 0.5) is 4.39 Å². The Hall–Kier alpha value is -1.33. The van der Waals surface area contributed by atoms with Crippen molar-refractivity contribution in [3.05, 3.63) is 41.2 Å². The third-order valence-electron chi connectivity index (χ3n) is 3.61. The molecule has 1 aromatic rings. The highest BCUT2D eigenvalue weighted by atomic mass is 32.2. The lowest BCUT2D eigenvalue weighted by atomic mass is 9.97. The van der Waals surface area contributed by atoms with Crippen LogP contribution in [0.25, 0.3) is 6.08 Å². The molecule has 1 aliphatic rings. The molecule has 0 radical (unpaired) electrons. The predicted octanol–water partition coefficient (Wildman–Crippen LogP) is 2.60. The number of aliphatic hydroxyl groups is 1. The topological polar surface area (TPSA) is 49.3 Å². The van der Waals surface area contributed by atoms with Gasteiger partial charge in [-0.1, -0.05) is 12.1 Å². The Bertz CT molecular complexity index is 522. The quantitative estimate of drug-likeness (QED) is 0.841. The summed E-state index contributed by atoms with van der Waals surface area (Å²) in [5.41, 5.74) is 0.532. The first kappa shape index (κ1) is 16.0. The Labute approximate surface area is 128 Å². The molecule has 0 unspecified atom stereocenters. The van der Waals surface area contributed by atoms with Crippen molar-refractivity contribution in [3.63, 3.8) is 0 Å². The molecule has 1 saturated heterocycles. The average molecular weight is 309 g/mol. The van der Waals surface area contributed by atoms with E-state index < -0.39 is 5.60 Å². The Kier molecular flexibility index (Phi) is 5.42. The van der Waals surface area contributed by atoms with E-state index in [-0.39, 0.29) is 18.3 Å². The lowest BCUT2D eigenvalue weighted by Crippen LogP contribution is -2.45. The molecule has 2 N–H and O–H groups in total. The minimum absolute atomic E-state index is 0.203. The molecule has 5 heteroatoms. The standard InChI is InChI=1S/C16H20FNO2S/c1-12(10-13-2-4-14(17)5-3-13)15(19)18-11-16(20)6-8-21-9-7-16/h2-5,10,20H,6-9,11H2,1H3,(H,18,19). The molecular formula is C16H20FNO2S. The number of carbonyl (C=O) groups is 1. The van der Waals surface area contributed by atoms with Crippen molar-refractivity contribution < 1.29 is 14.3 Å². The number of hydrogen-bond donors (Lipinski definition) is 2. The summed E-state index contributed by atoms with van der Waals surface area (Å²) in [6.45, 7) is 1.99. The monoisotopic (exact) mass is 309 g/mol. The first-order valence-corrected chi connectivity index (χ1v) is 8.16.